The summed E-state index contributed by atoms with van der Waals surface area (Å²) in [5.74, 6) is 0. The quantitative estimate of drug-likeness (QED) is 0.560. The lowest BCUT2D eigenvalue weighted by Crippen LogP contribution is -2.16. The molecule has 0 aromatic heterocycles. The van der Waals surface area contributed by atoms with Crippen molar-refractivity contribution >= 4 is 44.8 Å². The van der Waals surface area contributed by atoms with Gasteiger partial charge in [-0.25, -0.2) is 0 Å². The molecule has 0 fully saturated rings. The molecular formula is C10H18Al2OP. The average molecular weight is 239 g/mol. The highest BCUT2D eigenvalue weighted by Gasteiger charge is 2.06. The summed E-state index contributed by atoms with van der Waals surface area (Å²) in [6.07, 6.45) is 0. The molecule has 0 saturated heterocycles. The molecule has 0 aliphatic rings. The van der Waals surface area contributed by atoms with Crippen LogP contribution in [0.1, 0.15) is 13.8 Å². The third kappa shape index (κ3) is 5.41. The Hall–Kier alpha value is 0.515. The van der Waals surface area contributed by atoms with Crippen molar-refractivity contribution in [2.75, 3.05) is 5.02 Å². The summed E-state index contributed by atoms with van der Waals surface area (Å²) in [5, 5.41) is 0.992. The molecule has 1 aromatic carbocycles. The highest BCUT2D eigenvalue weighted by atomic mass is 31.1. The van der Waals surface area contributed by atoms with Gasteiger partial charge in [0.05, 0.1) is 7.80 Å². The van der Waals surface area contributed by atoms with Crippen LogP contribution < -0.4 is 4.43 Å². The van der Waals surface area contributed by atoms with E-state index in [4.69, 9.17) is 0 Å². The van der Waals surface area contributed by atoms with Crippen molar-refractivity contribution in [1.82, 2.24) is 0 Å². The van der Waals surface area contributed by atoms with Crippen molar-refractivity contribution < 1.29 is 4.57 Å². The number of rotatable bonds is 4. The lowest BCUT2D eigenvalue weighted by molar-refractivity contribution is 0.585. The van der Waals surface area contributed by atoms with Crippen LogP contribution in [-0.4, -0.2) is 43.3 Å². The standard InChI is InChI=1S/C6H5.C4H10OP.2Al.3H/c1-2-4-6-5-3-1;1-4(2)6(3)5;;;;;/h1-5H;4,6H,3H2,1-2H3;;;;;. The monoisotopic (exact) mass is 239 g/mol. The molecule has 1 radical (unpaired) electrons. The fourth-order valence-corrected chi connectivity index (χ4v) is 6.26. The van der Waals surface area contributed by atoms with E-state index in [1.807, 2.05) is 6.07 Å². The Morgan fingerprint density at radius 3 is 2.36 bits per heavy atom. The van der Waals surface area contributed by atoms with Gasteiger partial charge in [0, 0.05) is 5.66 Å². The summed E-state index contributed by atoms with van der Waals surface area (Å²) in [7, 11) is -1.29. The molecule has 4 heteroatoms. The Bertz CT molecular complexity index is 275. The van der Waals surface area contributed by atoms with Gasteiger partial charge in [-0.2, -0.15) is 0 Å². The number of benzene rings is 1. The van der Waals surface area contributed by atoms with E-state index in [0.29, 0.717) is 5.66 Å². The Balaban J connectivity index is 0.00000169. The topological polar surface area (TPSA) is 17.1 Å². The Morgan fingerprint density at radius 2 is 1.86 bits per heavy atom. The minimum Gasteiger partial charge on any atom is -0.328 e. The van der Waals surface area contributed by atoms with Crippen molar-refractivity contribution in [3.63, 3.8) is 0 Å². The molecule has 0 amide bonds. The van der Waals surface area contributed by atoms with Gasteiger partial charge in [0.2, 0.25) is 0 Å². The number of hydrogen-bond acceptors (Lipinski definition) is 1. The van der Waals surface area contributed by atoms with Crippen molar-refractivity contribution in [2.24, 2.45) is 0 Å². The smallest absolute Gasteiger partial charge is 0.291 e. The second kappa shape index (κ2) is 7.76. The van der Waals surface area contributed by atoms with Crippen LogP contribution >= 0.6 is 7.80 Å². The minimum absolute atomic E-state index is 0. The first-order chi connectivity index (χ1) is 6.20. The van der Waals surface area contributed by atoms with Gasteiger partial charge in [-0.3, -0.25) is 0 Å². The normalized spacial score (nSPS) is 11.9. The third-order valence-electron chi connectivity index (χ3n) is 2.15. The zero-order chi connectivity index (χ0) is 9.68. The summed E-state index contributed by atoms with van der Waals surface area (Å²) in [6.45, 7) is 4.11. The first-order valence-electron chi connectivity index (χ1n) is 4.77. The molecule has 75 valence electrons. The van der Waals surface area contributed by atoms with Crippen molar-refractivity contribution in [1.29, 1.82) is 0 Å². The van der Waals surface area contributed by atoms with Crippen LogP contribution in [0.25, 0.3) is 0 Å². The molecule has 0 spiro atoms. The zero-order valence-electron chi connectivity index (χ0n) is 9.29. The van der Waals surface area contributed by atoms with Gasteiger partial charge in [0.1, 0.15) is 17.4 Å². The first kappa shape index (κ1) is 14.5. The molecule has 0 aliphatic carbocycles. The van der Waals surface area contributed by atoms with Gasteiger partial charge < -0.3 is 4.57 Å². The van der Waals surface area contributed by atoms with Crippen molar-refractivity contribution in [3.05, 3.63) is 30.3 Å². The highest BCUT2D eigenvalue weighted by molar-refractivity contribution is 7.47. The van der Waals surface area contributed by atoms with E-state index in [2.05, 4.69) is 38.1 Å². The number of hydrogen-bond donors (Lipinski definition) is 0. The SMILES string of the molecule is CC(C)[PH](=O)[CH2][AlH][c]1ccccc1.[AlH2]. The molecule has 1 atom stereocenters. The molecule has 0 saturated carbocycles. The molecule has 0 bridgehead atoms. The molecule has 1 aromatic rings. The average Bonchev–Trinajstić information content (AvgIpc) is 2.15. The zero-order valence-corrected chi connectivity index (χ0v) is 13.7. The Morgan fingerprint density at radius 1 is 1.29 bits per heavy atom. The van der Waals surface area contributed by atoms with Gasteiger partial charge >= 0.3 is 0 Å². The van der Waals surface area contributed by atoms with E-state index >= 15 is 0 Å². The fourth-order valence-electron chi connectivity index (χ4n) is 1.20. The van der Waals surface area contributed by atoms with Crippen LogP contribution in [0.3, 0.4) is 0 Å². The molecule has 1 rings (SSSR count). The maximum absolute atomic E-state index is 11.5. The molecule has 0 N–H and O–H groups in total. The third-order valence-corrected chi connectivity index (χ3v) is 7.45. The molecule has 0 heterocycles. The lowest BCUT2D eigenvalue weighted by atomic mass is 10.4. The maximum atomic E-state index is 11.5. The van der Waals surface area contributed by atoms with Gasteiger partial charge in [-0.1, -0.05) is 44.2 Å². The summed E-state index contributed by atoms with van der Waals surface area (Å²) in [5.41, 5.74) is 0.390. The van der Waals surface area contributed by atoms with Crippen LogP contribution in [0.4, 0.5) is 0 Å². The van der Waals surface area contributed by atoms with Crippen molar-refractivity contribution in [3.8, 4) is 0 Å². The second-order valence-electron chi connectivity index (χ2n) is 3.61. The largest absolute Gasteiger partial charge is 0.328 e. The van der Waals surface area contributed by atoms with Crippen LogP contribution in [0, 0.1) is 0 Å². The van der Waals surface area contributed by atoms with Gasteiger partial charge in [-0.05, 0) is 5.02 Å². The van der Waals surface area contributed by atoms with Gasteiger partial charge in [0.15, 0.2) is 0 Å². The van der Waals surface area contributed by atoms with E-state index in [1.165, 1.54) is 4.43 Å². The van der Waals surface area contributed by atoms with Gasteiger partial charge in [-0.15, -0.1) is 4.43 Å². The van der Waals surface area contributed by atoms with Crippen LogP contribution in [0.5, 0.6) is 0 Å². The summed E-state index contributed by atoms with van der Waals surface area (Å²) < 4.78 is 13.0. The summed E-state index contributed by atoms with van der Waals surface area (Å²) >= 11 is -0.269. The maximum Gasteiger partial charge on any atom is 0.291 e. The van der Waals surface area contributed by atoms with E-state index in [0.717, 1.165) is 5.02 Å². The highest BCUT2D eigenvalue weighted by Crippen LogP contribution is 2.25. The molecular weight excluding hydrogens is 221 g/mol. The van der Waals surface area contributed by atoms with E-state index < -0.39 is 7.80 Å². The van der Waals surface area contributed by atoms with Gasteiger partial charge in [0.25, 0.3) is 15.2 Å². The van der Waals surface area contributed by atoms with Crippen molar-refractivity contribution in [2.45, 2.75) is 19.5 Å². The predicted octanol–water partition coefficient (Wildman–Crippen LogP) is 0.758. The predicted molar refractivity (Wildman–Crippen MR) is 70.8 cm³/mol. The summed E-state index contributed by atoms with van der Waals surface area (Å²) in [4.78, 5) is 0. The van der Waals surface area contributed by atoms with Crippen LogP contribution in [-0.2, 0) is 4.57 Å². The Labute approximate surface area is 104 Å². The van der Waals surface area contributed by atoms with Crippen LogP contribution in [0.2, 0.25) is 0 Å². The van der Waals surface area contributed by atoms with E-state index in [-0.39, 0.29) is 32.6 Å². The summed E-state index contributed by atoms with van der Waals surface area (Å²) in [6, 6.07) is 10.5. The molecule has 1 nitrogen and oxygen atoms in total. The van der Waals surface area contributed by atoms with Crippen LogP contribution in [0.15, 0.2) is 30.3 Å². The minimum atomic E-state index is -1.29. The lowest BCUT2D eigenvalue weighted by Gasteiger charge is -2.03. The fraction of sp³-hybridized carbons (Fsp3) is 0.400. The Kier molecular flexibility index (Phi) is 8.05. The molecule has 14 heavy (non-hydrogen) atoms. The molecule has 0 aliphatic heterocycles. The molecule has 1 unspecified atom stereocenters. The van der Waals surface area contributed by atoms with E-state index in [9.17, 15) is 4.57 Å². The second-order valence-corrected chi connectivity index (χ2v) is 9.01. The van der Waals surface area contributed by atoms with E-state index in [1.54, 1.807) is 0 Å². The first-order valence-corrected chi connectivity index (χ1v) is 8.17.